The largest absolute Gasteiger partial charge is 0.416 e. The molecule has 0 aliphatic rings. The summed E-state index contributed by atoms with van der Waals surface area (Å²) < 4.78 is 37.8. The summed E-state index contributed by atoms with van der Waals surface area (Å²) in [5.74, 6) is 0.547. The maximum atomic E-state index is 12.6. The summed E-state index contributed by atoms with van der Waals surface area (Å²) in [5, 5.41) is 0.120. The molecule has 19 heavy (non-hydrogen) atoms. The van der Waals surface area contributed by atoms with Crippen LogP contribution in [0.15, 0.2) is 47.5 Å². The lowest BCUT2D eigenvalue weighted by molar-refractivity contribution is -0.137. The highest BCUT2D eigenvalue weighted by Crippen LogP contribution is 2.33. The maximum Gasteiger partial charge on any atom is 0.416 e. The molecule has 2 rings (SSSR count). The van der Waals surface area contributed by atoms with E-state index in [1.54, 1.807) is 0 Å². The van der Waals surface area contributed by atoms with Gasteiger partial charge in [0.05, 0.1) is 10.6 Å². The lowest BCUT2D eigenvalue weighted by Gasteiger charge is -2.09. The van der Waals surface area contributed by atoms with E-state index < -0.39 is 11.7 Å². The number of nitrogens with zero attached hydrogens (tertiary/aromatic N) is 1. The molecule has 0 unspecified atom stereocenters. The zero-order chi connectivity index (χ0) is 13.9. The minimum Gasteiger partial charge on any atom is -0.230 e. The van der Waals surface area contributed by atoms with Gasteiger partial charge in [-0.15, -0.1) is 11.8 Å². The van der Waals surface area contributed by atoms with E-state index in [2.05, 4.69) is 4.98 Å². The topological polar surface area (TPSA) is 12.9 Å². The summed E-state index contributed by atoms with van der Waals surface area (Å²) in [5.41, 5.74) is 0.242. The van der Waals surface area contributed by atoms with Gasteiger partial charge in [-0.1, -0.05) is 41.9 Å². The first kappa shape index (κ1) is 14.2. The minimum absolute atomic E-state index is 0.148. The summed E-state index contributed by atoms with van der Waals surface area (Å²) >= 11 is 6.84. The third-order valence-corrected chi connectivity index (χ3v) is 3.50. The van der Waals surface area contributed by atoms with Crippen LogP contribution in [-0.2, 0) is 11.9 Å². The molecule has 0 saturated heterocycles. The Morgan fingerprint density at radius 3 is 2.42 bits per heavy atom. The molecular weight excluding hydrogens is 295 g/mol. The molecule has 0 N–H and O–H groups in total. The van der Waals surface area contributed by atoms with E-state index in [1.807, 2.05) is 30.3 Å². The van der Waals surface area contributed by atoms with Crippen molar-refractivity contribution in [3.63, 3.8) is 0 Å². The van der Waals surface area contributed by atoms with Crippen molar-refractivity contribution < 1.29 is 13.2 Å². The molecular formula is C13H9ClF3NS. The van der Waals surface area contributed by atoms with Crippen LogP contribution in [0.1, 0.15) is 11.1 Å². The van der Waals surface area contributed by atoms with Crippen LogP contribution in [0.5, 0.6) is 0 Å². The Morgan fingerprint density at radius 1 is 1.11 bits per heavy atom. The van der Waals surface area contributed by atoms with E-state index in [4.69, 9.17) is 11.6 Å². The number of hydrogen-bond donors (Lipinski definition) is 0. The van der Waals surface area contributed by atoms with E-state index in [9.17, 15) is 13.2 Å². The first-order valence-corrected chi connectivity index (χ1v) is 6.73. The van der Waals surface area contributed by atoms with Crippen molar-refractivity contribution >= 4 is 23.4 Å². The molecule has 0 atom stereocenters. The molecule has 0 bridgehead atoms. The third kappa shape index (κ3) is 4.14. The van der Waals surface area contributed by atoms with Gasteiger partial charge >= 0.3 is 6.18 Å². The van der Waals surface area contributed by atoms with Crippen molar-refractivity contribution in [1.29, 1.82) is 0 Å². The van der Waals surface area contributed by atoms with Crippen LogP contribution in [-0.4, -0.2) is 4.98 Å². The van der Waals surface area contributed by atoms with Gasteiger partial charge in [-0.25, -0.2) is 4.98 Å². The molecule has 0 aliphatic heterocycles. The van der Waals surface area contributed by atoms with Gasteiger partial charge in [-0.3, -0.25) is 0 Å². The molecule has 2 aromatic rings. The van der Waals surface area contributed by atoms with E-state index in [-0.39, 0.29) is 10.2 Å². The van der Waals surface area contributed by atoms with Crippen molar-refractivity contribution in [2.45, 2.75) is 17.0 Å². The fraction of sp³-hybridized carbons (Fsp3) is 0.154. The van der Waals surface area contributed by atoms with E-state index in [1.165, 1.54) is 11.8 Å². The van der Waals surface area contributed by atoms with Gasteiger partial charge in [0.25, 0.3) is 0 Å². The number of benzene rings is 1. The van der Waals surface area contributed by atoms with Crippen LogP contribution in [0.3, 0.4) is 0 Å². The van der Waals surface area contributed by atoms with Crippen molar-refractivity contribution in [3.05, 3.63) is 58.7 Å². The van der Waals surface area contributed by atoms with Gasteiger partial charge in [0.2, 0.25) is 0 Å². The van der Waals surface area contributed by atoms with Gasteiger partial charge < -0.3 is 0 Å². The summed E-state index contributed by atoms with van der Waals surface area (Å²) in [4.78, 5) is 3.89. The van der Waals surface area contributed by atoms with Crippen LogP contribution >= 0.6 is 23.4 Å². The molecule has 0 radical (unpaired) electrons. The predicted octanol–water partition coefficient (Wildman–Crippen LogP) is 5.05. The average Bonchev–Trinajstić information content (AvgIpc) is 2.36. The third-order valence-electron chi connectivity index (χ3n) is 2.33. The van der Waals surface area contributed by atoms with Crippen LogP contribution in [0.4, 0.5) is 13.2 Å². The molecule has 0 spiro atoms. The Balaban J connectivity index is 2.15. The molecule has 0 aliphatic carbocycles. The Morgan fingerprint density at radius 2 is 1.79 bits per heavy atom. The smallest absolute Gasteiger partial charge is 0.230 e. The SMILES string of the molecule is FC(F)(F)c1cc(Cl)nc(SCc2ccccc2)c1. The van der Waals surface area contributed by atoms with Crippen LogP contribution in [0.25, 0.3) is 0 Å². The Hall–Kier alpha value is -1.20. The second-order valence-corrected chi connectivity index (χ2v) is 5.17. The molecule has 1 aromatic heterocycles. The van der Waals surface area contributed by atoms with Crippen molar-refractivity contribution in [1.82, 2.24) is 4.98 Å². The summed E-state index contributed by atoms with van der Waals surface area (Å²) in [7, 11) is 0. The summed E-state index contributed by atoms with van der Waals surface area (Å²) in [6.07, 6.45) is -4.41. The van der Waals surface area contributed by atoms with Crippen LogP contribution in [0.2, 0.25) is 5.15 Å². The first-order valence-electron chi connectivity index (χ1n) is 5.36. The Bertz CT molecular complexity index is 558. The molecule has 0 fully saturated rings. The zero-order valence-electron chi connectivity index (χ0n) is 9.62. The molecule has 0 amide bonds. The number of hydrogen-bond acceptors (Lipinski definition) is 2. The van der Waals surface area contributed by atoms with E-state index in [0.29, 0.717) is 5.75 Å². The van der Waals surface area contributed by atoms with Gasteiger partial charge in [-0.05, 0) is 17.7 Å². The quantitative estimate of drug-likeness (QED) is 0.581. The Labute approximate surface area is 117 Å². The number of thioether (sulfide) groups is 1. The minimum atomic E-state index is -4.41. The van der Waals surface area contributed by atoms with Crippen LogP contribution in [0, 0.1) is 0 Å². The molecule has 100 valence electrons. The van der Waals surface area contributed by atoms with Gasteiger partial charge in [0.15, 0.2) is 0 Å². The number of aromatic nitrogens is 1. The van der Waals surface area contributed by atoms with Gasteiger partial charge in [0.1, 0.15) is 5.15 Å². The standard InChI is InChI=1S/C13H9ClF3NS/c14-11-6-10(13(15,16)17)7-12(18-11)19-8-9-4-2-1-3-5-9/h1-7H,8H2. The lowest BCUT2D eigenvalue weighted by atomic mass is 10.2. The average molecular weight is 304 g/mol. The predicted molar refractivity (Wildman–Crippen MR) is 70.3 cm³/mol. The Kier molecular flexibility index (Phi) is 4.37. The maximum absolute atomic E-state index is 12.6. The highest BCUT2D eigenvalue weighted by Gasteiger charge is 2.31. The van der Waals surface area contributed by atoms with Crippen molar-refractivity contribution in [3.8, 4) is 0 Å². The molecule has 1 heterocycles. The number of halogens is 4. The number of alkyl halides is 3. The molecule has 1 nitrogen and oxygen atoms in total. The fourth-order valence-electron chi connectivity index (χ4n) is 1.44. The normalized spacial score (nSPS) is 11.6. The zero-order valence-corrected chi connectivity index (χ0v) is 11.2. The highest BCUT2D eigenvalue weighted by atomic mass is 35.5. The van der Waals surface area contributed by atoms with Crippen molar-refractivity contribution in [2.75, 3.05) is 0 Å². The summed E-state index contributed by atoms with van der Waals surface area (Å²) in [6.45, 7) is 0. The monoisotopic (exact) mass is 303 g/mol. The number of pyridine rings is 1. The first-order chi connectivity index (χ1) is 8.95. The fourth-order valence-corrected chi connectivity index (χ4v) is 2.58. The molecule has 0 saturated carbocycles. The van der Waals surface area contributed by atoms with Crippen LogP contribution < -0.4 is 0 Å². The molecule has 1 aromatic carbocycles. The summed E-state index contributed by atoms with van der Waals surface area (Å²) in [6, 6.07) is 11.3. The lowest BCUT2D eigenvalue weighted by Crippen LogP contribution is -2.05. The van der Waals surface area contributed by atoms with Gasteiger partial charge in [-0.2, -0.15) is 13.2 Å². The van der Waals surface area contributed by atoms with E-state index in [0.717, 1.165) is 17.7 Å². The van der Waals surface area contributed by atoms with Gasteiger partial charge in [0, 0.05) is 5.75 Å². The van der Waals surface area contributed by atoms with E-state index >= 15 is 0 Å². The second-order valence-electron chi connectivity index (χ2n) is 3.79. The van der Waals surface area contributed by atoms with Crippen molar-refractivity contribution in [2.24, 2.45) is 0 Å². The highest BCUT2D eigenvalue weighted by molar-refractivity contribution is 7.98. The second kappa shape index (κ2) is 5.84. The number of rotatable bonds is 3. The molecule has 6 heteroatoms.